The van der Waals surface area contributed by atoms with E-state index in [1.807, 2.05) is 0 Å². The Bertz CT molecular complexity index is 873. The Morgan fingerprint density at radius 2 is 1.41 bits per heavy atom. The van der Waals surface area contributed by atoms with E-state index in [1.54, 1.807) is 0 Å². The summed E-state index contributed by atoms with van der Waals surface area (Å²) in [5, 5.41) is 0. The predicted molar refractivity (Wildman–Crippen MR) is 136 cm³/mol. The molecule has 4 fully saturated rings. The average molecular weight is 453 g/mol. The third-order valence-electron chi connectivity index (χ3n) is 8.39. The normalized spacial score (nSPS) is 36.8. The van der Waals surface area contributed by atoms with Crippen molar-refractivity contribution >= 4 is 14.6 Å². The largest absolute Gasteiger partial charge is 0.566 e. The van der Waals surface area contributed by atoms with Crippen LogP contribution in [-0.2, 0) is 0 Å². The molecular weight excluding hydrogens is 408 g/mol. The SMILES string of the molecule is CN(C)[Si@@]1([N-]C23CC4CC(CC(C4)C2)C3)N(C(C)(C)C)C(c2ccccc2)=[N+]1C(C)(C)C. The molecule has 0 amide bonds. The van der Waals surface area contributed by atoms with Gasteiger partial charge in [-0.2, -0.15) is 0 Å². The van der Waals surface area contributed by atoms with Gasteiger partial charge in [0.05, 0.1) is 16.6 Å². The molecular formula is C27H44N4Si. The van der Waals surface area contributed by atoms with Crippen LogP contribution in [0.25, 0.3) is 4.98 Å². The lowest BCUT2D eigenvalue weighted by molar-refractivity contribution is -0.525. The van der Waals surface area contributed by atoms with Crippen LogP contribution < -0.4 is 0 Å². The van der Waals surface area contributed by atoms with E-state index in [0.717, 1.165) is 17.8 Å². The topological polar surface area (TPSA) is 23.6 Å². The van der Waals surface area contributed by atoms with Crippen molar-refractivity contribution in [2.75, 3.05) is 14.1 Å². The first-order chi connectivity index (χ1) is 14.9. The van der Waals surface area contributed by atoms with E-state index in [-0.39, 0.29) is 16.6 Å². The minimum atomic E-state index is -2.49. The molecule has 176 valence electrons. The highest BCUT2D eigenvalue weighted by Crippen LogP contribution is 2.61. The van der Waals surface area contributed by atoms with Crippen molar-refractivity contribution in [3.05, 3.63) is 40.9 Å². The smallest absolute Gasteiger partial charge is 0.465 e. The Balaban J connectivity index is 1.68. The van der Waals surface area contributed by atoms with Gasteiger partial charge in [0.1, 0.15) is 0 Å². The molecule has 4 saturated carbocycles. The second-order valence-electron chi connectivity index (χ2n) is 13.5. The van der Waals surface area contributed by atoms with Crippen LogP contribution in [0, 0.1) is 17.8 Å². The molecule has 4 bridgehead atoms. The van der Waals surface area contributed by atoms with E-state index in [2.05, 4.69) is 99.3 Å². The summed E-state index contributed by atoms with van der Waals surface area (Å²) in [5.74, 6) is 4.13. The first kappa shape index (κ1) is 22.6. The van der Waals surface area contributed by atoms with Gasteiger partial charge >= 0.3 is 8.72 Å². The fourth-order valence-corrected chi connectivity index (χ4v) is 12.9. The lowest BCUT2D eigenvalue weighted by atomic mass is 9.53. The van der Waals surface area contributed by atoms with E-state index in [9.17, 15) is 0 Å². The van der Waals surface area contributed by atoms with E-state index in [4.69, 9.17) is 4.98 Å². The summed E-state index contributed by atoms with van der Waals surface area (Å²) in [7, 11) is 2.11. The number of nitrogens with zero attached hydrogens (tertiary/aromatic N) is 4. The molecule has 1 heterocycles. The summed E-state index contributed by atoms with van der Waals surface area (Å²) in [6.45, 7) is 14.3. The second-order valence-corrected chi connectivity index (χ2v) is 16.7. The van der Waals surface area contributed by atoms with Crippen LogP contribution in [0.15, 0.2) is 30.3 Å². The fourth-order valence-electron chi connectivity index (χ4n) is 7.94. The van der Waals surface area contributed by atoms with Crippen molar-refractivity contribution in [1.29, 1.82) is 0 Å². The molecule has 1 atom stereocenters. The van der Waals surface area contributed by atoms with Gasteiger partial charge in [-0.15, -0.1) is 5.54 Å². The van der Waals surface area contributed by atoms with Crippen molar-refractivity contribution in [1.82, 2.24) is 9.13 Å². The maximum absolute atomic E-state index is 6.17. The van der Waals surface area contributed by atoms with Crippen LogP contribution >= 0.6 is 0 Å². The van der Waals surface area contributed by atoms with Gasteiger partial charge in [-0.05, 0) is 105 Å². The van der Waals surface area contributed by atoms with Crippen molar-refractivity contribution in [2.24, 2.45) is 17.8 Å². The van der Waals surface area contributed by atoms with Crippen LogP contribution in [0.2, 0.25) is 0 Å². The zero-order valence-corrected chi connectivity index (χ0v) is 22.7. The van der Waals surface area contributed by atoms with E-state index in [1.165, 1.54) is 49.9 Å². The van der Waals surface area contributed by atoms with Crippen molar-refractivity contribution in [2.45, 2.75) is 96.7 Å². The first-order valence-corrected chi connectivity index (χ1v) is 14.6. The lowest BCUT2D eigenvalue weighted by Gasteiger charge is -2.70. The highest BCUT2D eigenvalue weighted by Gasteiger charge is 2.68. The number of rotatable bonds is 4. The number of hydrogen-bond acceptors (Lipinski definition) is 2. The summed E-state index contributed by atoms with van der Waals surface area (Å²) in [6, 6.07) is 11.0. The quantitative estimate of drug-likeness (QED) is 0.547. The van der Waals surface area contributed by atoms with E-state index in [0.29, 0.717) is 0 Å². The van der Waals surface area contributed by atoms with Crippen LogP contribution in [0.4, 0.5) is 0 Å². The molecule has 1 aliphatic heterocycles. The van der Waals surface area contributed by atoms with Crippen molar-refractivity contribution in [3.63, 3.8) is 0 Å². The molecule has 0 radical (unpaired) electrons. The molecule has 5 heteroatoms. The van der Waals surface area contributed by atoms with E-state index >= 15 is 0 Å². The predicted octanol–water partition coefficient (Wildman–Crippen LogP) is 5.70. The molecule has 32 heavy (non-hydrogen) atoms. The molecule has 1 aromatic carbocycles. The summed E-state index contributed by atoms with van der Waals surface area (Å²) in [5.41, 5.74) is 1.54. The molecule has 6 rings (SSSR count). The Hall–Kier alpha value is -1.17. The molecule has 5 aliphatic rings. The average Bonchev–Trinajstić information content (AvgIpc) is 2.61. The highest BCUT2D eigenvalue weighted by atomic mass is 28.4. The third kappa shape index (κ3) is 3.33. The van der Waals surface area contributed by atoms with Crippen molar-refractivity contribution in [3.8, 4) is 0 Å². The maximum Gasteiger partial charge on any atom is 0.465 e. The third-order valence-corrected chi connectivity index (χ3v) is 13.3. The van der Waals surface area contributed by atoms with Gasteiger partial charge in [-0.3, -0.25) is 13.4 Å². The number of hydrogen-bond donors (Lipinski definition) is 0. The fraction of sp³-hybridized carbons (Fsp3) is 0.741. The lowest BCUT2D eigenvalue weighted by Crippen LogP contribution is -2.88. The summed E-state index contributed by atoms with van der Waals surface area (Å²) < 4.78 is 8.06. The van der Waals surface area contributed by atoms with Gasteiger partial charge in [0.2, 0.25) is 0 Å². The number of benzene rings is 1. The van der Waals surface area contributed by atoms with Gasteiger partial charge in [-0.1, -0.05) is 37.5 Å². The van der Waals surface area contributed by atoms with Crippen LogP contribution in [0.5, 0.6) is 0 Å². The molecule has 0 unspecified atom stereocenters. The molecule has 4 nitrogen and oxygen atoms in total. The van der Waals surface area contributed by atoms with E-state index < -0.39 is 8.72 Å². The van der Waals surface area contributed by atoms with Crippen LogP contribution in [0.3, 0.4) is 0 Å². The van der Waals surface area contributed by atoms with Gasteiger partial charge in [0.25, 0.3) is 5.84 Å². The summed E-state index contributed by atoms with van der Waals surface area (Å²) in [6.07, 6.45) is 8.41. The number of amidine groups is 1. The standard InChI is InChI=1S/C27H44N4Si/c1-25(2,3)30-24(23-12-10-9-11-13-23)31(26(4,5)6)32(30,29(7)8)28-27-17-20-14-21(18-27)16-22(15-20)19-27/h9-13,20-22H,14-19H2,1-8H3. The minimum Gasteiger partial charge on any atom is -0.566 e. The Labute approximate surface area is 197 Å². The van der Waals surface area contributed by atoms with Gasteiger partial charge in [0, 0.05) is 0 Å². The van der Waals surface area contributed by atoms with Gasteiger partial charge in [0.15, 0.2) is 0 Å². The Kier molecular flexibility index (Phi) is 5.06. The molecule has 1 aromatic rings. The zero-order valence-electron chi connectivity index (χ0n) is 21.7. The molecule has 0 aromatic heterocycles. The zero-order chi connectivity index (χ0) is 23.1. The van der Waals surface area contributed by atoms with Gasteiger partial charge in [-0.25, -0.2) is 0 Å². The van der Waals surface area contributed by atoms with Gasteiger partial charge < -0.3 is 4.98 Å². The molecule has 0 saturated heterocycles. The monoisotopic (exact) mass is 452 g/mol. The Morgan fingerprint density at radius 1 is 0.906 bits per heavy atom. The Morgan fingerprint density at radius 3 is 1.81 bits per heavy atom. The highest BCUT2D eigenvalue weighted by molar-refractivity contribution is 6.78. The summed E-state index contributed by atoms with van der Waals surface area (Å²) in [4.78, 5) is 6.17. The second kappa shape index (κ2) is 7.16. The van der Waals surface area contributed by atoms with Crippen LogP contribution in [-0.4, -0.2) is 58.6 Å². The molecule has 4 aliphatic carbocycles. The summed E-state index contributed by atoms with van der Waals surface area (Å²) >= 11 is 0. The van der Waals surface area contributed by atoms with Crippen LogP contribution in [0.1, 0.15) is 85.6 Å². The van der Waals surface area contributed by atoms with Crippen molar-refractivity contribution < 1.29 is 4.24 Å². The first-order valence-electron chi connectivity index (χ1n) is 12.8. The molecule has 0 N–H and O–H groups in total. The molecule has 0 spiro atoms. The minimum absolute atomic E-state index is 0.00914. The maximum atomic E-state index is 6.17.